The smallest absolute Gasteiger partial charge is 0.0701 e. The number of rotatable bonds is 0. The zero-order valence-electron chi connectivity index (χ0n) is 8.28. The summed E-state index contributed by atoms with van der Waals surface area (Å²) in [6.07, 6.45) is 5.12. The van der Waals surface area contributed by atoms with Gasteiger partial charge >= 0.3 is 0 Å². The Balaban J connectivity index is 2.27. The molecule has 2 aliphatic carbocycles. The Kier molecular flexibility index (Phi) is 1.26. The highest BCUT2D eigenvalue weighted by molar-refractivity contribution is 5.30. The molecule has 0 aromatic heterocycles. The molecule has 1 nitrogen and oxygen atoms in total. The van der Waals surface area contributed by atoms with Crippen molar-refractivity contribution < 1.29 is 0 Å². The Morgan fingerprint density at radius 3 is 1.92 bits per heavy atom. The summed E-state index contributed by atoms with van der Waals surface area (Å²) in [5.41, 5.74) is 0.667. The van der Waals surface area contributed by atoms with Crippen molar-refractivity contribution in [2.75, 3.05) is 0 Å². The van der Waals surface area contributed by atoms with Crippen molar-refractivity contribution in [1.82, 2.24) is 0 Å². The summed E-state index contributed by atoms with van der Waals surface area (Å²) in [7, 11) is 0. The van der Waals surface area contributed by atoms with Crippen LogP contribution in [0.4, 0.5) is 0 Å². The summed E-state index contributed by atoms with van der Waals surface area (Å²) in [6.45, 7) is 6.63. The van der Waals surface area contributed by atoms with E-state index >= 15 is 0 Å². The standard InChI is InChI=1S/C11H17N/c1-9(2,3)11(8-12)7-10(11)5-4-6-10/h4-7H2,1-3H3. The predicted octanol–water partition coefficient (Wildman–Crippen LogP) is 3.12. The quantitative estimate of drug-likeness (QED) is 0.538. The maximum Gasteiger partial charge on any atom is 0.0701 e. The maximum absolute atomic E-state index is 9.24. The molecule has 0 amide bonds. The average molecular weight is 163 g/mol. The lowest BCUT2D eigenvalue weighted by Crippen LogP contribution is -2.31. The average Bonchev–Trinajstić information content (AvgIpc) is 2.54. The van der Waals surface area contributed by atoms with Gasteiger partial charge in [-0.25, -0.2) is 0 Å². The lowest BCUT2D eigenvalue weighted by molar-refractivity contribution is 0.143. The van der Waals surface area contributed by atoms with Crippen molar-refractivity contribution >= 4 is 0 Å². The van der Waals surface area contributed by atoms with Gasteiger partial charge in [0.2, 0.25) is 0 Å². The lowest BCUT2D eigenvalue weighted by atomic mass is 9.66. The second-order valence-corrected chi connectivity index (χ2v) is 5.58. The lowest BCUT2D eigenvalue weighted by Gasteiger charge is -2.36. The van der Waals surface area contributed by atoms with Crippen molar-refractivity contribution in [3.8, 4) is 6.07 Å². The molecule has 2 saturated carbocycles. The fraction of sp³-hybridized carbons (Fsp3) is 0.909. The molecule has 2 aliphatic rings. The van der Waals surface area contributed by atoms with Gasteiger partial charge in [-0.05, 0) is 30.1 Å². The first kappa shape index (κ1) is 8.10. The molecule has 2 rings (SSSR count). The Bertz CT molecular complexity index is 249. The van der Waals surface area contributed by atoms with E-state index in [4.69, 9.17) is 0 Å². The molecule has 0 aromatic rings. The number of nitrogens with zero attached hydrogens (tertiary/aromatic N) is 1. The van der Waals surface area contributed by atoms with Crippen LogP contribution < -0.4 is 0 Å². The van der Waals surface area contributed by atoms with E-state index in [1.807, 2.05) is 0 Å². The molecule has 1 spiro atoms. The minimum atomic E-state index is 0.0260. The summed E-state index contributed by atoms with van der Waals surface area (Å²) in [6, 6.07) is 2.59. The van der Waals surface area contributed by atoms with Crippen LogP contribution in [0.3, 0.4) is 0 Å². The number of hydrogen-bond acceptors (Lipinski definition) is 1. The van der Waals surface area contributed by atoms with Crippen LogP contribution in [0, 0.1) is 27.6 Å². The molecule has 1 unspecified atom stereocenters. The van der Waals surface area contributed by atoms with Gasteiger partial charge in [0.05, 0.1) is 11.5 Å². The van der Waals surface area contributed by atoms with Gasteiger partial charge in [-0.15, -0.1) is 0 Å². The first-order valence-electron chi connectivity index (χ1n) is 4.89. The van der Waals surface area contributed by atoms with Crippen LogP contribution in [0.5, 0.6) is 0 Å². The van der Waals surface area contributed by atoms with Gasteiger partial charge < -0.3 is 0 Å². The molecule has 0 N–H and O–H groups in total. The van der Waals surface area contributed by atoms with Gasteiger partial charge in [0.1, 0.15) is 0 Å². The second kappa shape index (κ2) is 1.87. The molecule has 0 aliphatic heterocycles. The summed E-state index contributed by atoms with van der Waals surface area (Å²) >= 11 is 0. The molecule has 0 aromatic carbocycles. The highest BCUT2D eigenvalue weighted by Gasteiger charge is 2.74. The van der Waals surface area contributed by atoms with Gasteiger partial charge in [0, 0.05) is 0 Å². The van der Waals surface area contributed by atoms with Crippen molar-refractivity contribution in [2.45, 2.75) is 46.5 Å². The van der Waals surface area contributed by atoms with Gasteiger partial charge in [-0.1, -0.05) is 27.2 Å². The molecule has 1 atom stereocenters. The molecule has 12 heavy (non-hydrogen) atoms. The molecule has 0 radical (unpaired) electrons. The maximum atomic E-state index is 9.24. The molecule has 0 bridgehead atoms. The van der Waals surface area contributed by atoms with E-state index in [1.54, 1.807) is 0 Å². The summed E-state index contributed by atoms with van der Waals surface area (Å²) in [4.78, 5) is 0. The Labute approximate surface area is 74.8 Å². The molecule has 0 saturated heterocycles. The molecule has 0 heterocycles. The molecule has 2 fully saturated rings. The van der Waals surface area contributed by atoms with Crippen LogP contribution in [0.1, 0.15) is 46.5 Å². The first-order chi connectivity index (χ1) is 5.47. The highest BCUT2D eigenvalue weighted by Crippen LogP contribution is 2.79. The van der Waals surface area contributed by atoms with Gasteiger partial charge in [-0.2, -0.15) is 5.26 Å². The minimum absolute atomic E-state index is 0.0260. The number of hydrogen-bond donors (Lipinski definition) is 0. The molecular formula is C11H17N. The monoisotopic (exact) mass is 163 g/mol. The van der Waals surface area contributed by atoms with Gasteiger partial charge in [0.25, 0.3) is 0 Å². The normalized spacial score (nSPS) is 37.2. The molecule has 1 heteroatoms. The van der Waals surface area contributed by atoms with Crippen LogP contribution >= 0.6 is 0 Å². The Morgan fingerprint density at radius 1 is 1.25 bits per heavy atom. The van der Waals surface area contributed by atoms with Crippen molar-refractivity contribution in [3.05, 3.63) is 0 Å². The number of nitriles is 1. The van der Waals surface area contributed by atoms with E-state index in [1.165, 1.54) is 25.7 Å². The van der Waals surface area contributed by atoms with Gasteiger partial charge in [0.15, 0.2) is 0 Å². The topological polar surface area (TPSA) is 23.8 Å². The van der Waals surface area contributed by atoms with Crippen LogP contribution in [-0.2, 0) is 0 Å². The van der Waals surface area contributed by atoms with Crippen LogP contribution in [0.15, 0.2) is 0 Å². The van der Waals surface area contributed by atoms with E-state index in [9.17, 15) is 5.26 Å². The van der Waals surface area contributed by atoms with Crippen molar-refractivity contribution in [2.24, 2.45) is 16.2 Å². The third kappa shape index (κ3) is 0.648. The highest BCUT2D eigenvalue weighted by atomic mass is 14.8. The largest absolute Gasteiger partial charge is 0.198 e. The van der Waals surface area contributed by atoms with E-state index in [-0.39, 0.29) is 10.8 Å². The van der Waals surface area contributed by atoms with Crippen molar-refractivity contribution in [1.29, 1.82) is 5.26 Å². The summed E-state index contributed by atoms with van der Waals surface area (Å²) in [5.74, 6) is 0. The SMILES string of the molecule is CC(C)(C)C1(C#N)CC12CCC2. The van der Waals surface area contributed by atoms with E-state index in [0.29, 0.717) is 5.41 Å². The first-order valence-corrected chi connectivity index (χ1v) is 4.89. The summed E-state index contributed by atoms with van der Waals surface area (Å²) < 4.78 is 0. The van der Waals surface area contributed by atoms with Crippen molar-refractivity contribution in [3.63, 3.8) is 0 Å². The van der Waals surface area contributed by atoms with Crippen LogP contribution in [0.25, 0.3) is 0 Å². The fourth-order valence-electron chi connectivity index (χ4n) is 3.06. The van der Waals surface area contributed by atoms with Gasteiger partial charge in [-0.3, -0.25) is 0 Å². The Hall–Kier alpha value is -0.510. The van der Waals surface area contributed by atoms with Crippen LogP contribution in [-0.4, -0.2) is 0 Å². The Morgan fingerprint density at radius 2 is 1.83 bits per heavy atom. The third-order valence-corrected chi connectivity index (χ3v) is 4.17. The van der Waals surface area contributed by atoms with E-state index < -0.39 is 0 Å². The summed E-state index contributed by atoms with van der Waals surface area (Å²) in [5, 5.41) is 9.24. The minimum Gasteiger partial charge on any atom is -0.198 e. The van der Waals surface area contributed by atoms with E-state index in [2.05, 4.69) is 26.8 Å². The second-order valence-electron chi connectivity index (χ2n) is 5.58. The third-order valence-electron chi connectivity index (χ3n) is 4.17. The molecular weight excluding hydrogens is 146 g/mol. The fourth-order valence-corrected chi connectivity index (χ4v) is 3.06. The van der Waals surface area contributed by atoms with Crippen LogP contribution in [0.2, 0.25) is 0 Å². The zero-order valence-corrected chi connectivity index (χ0v) is 8.28. The molecule has 66 valence electrons. The van der Waals surface area contributed by atoms with E-state index in [0.717, 1.165) is 0 Å². The predicted molar refractivity (Wildman–Crippen MR) is 48.4 cm³/mol. The zero-order chi connectivity index (χ0) is 9.04.